The van der Waals surface area contributed by atoms with E-state index in [1.807, 2.05) is 12.2 Å². The smallest absolute Gasteiger partial charge is 0.178 e. The summed E-state index contributed by atoms with van der Waals surface area (Å²) < 4.78 is 11.6. The molecule has 0 N–H and O–H groups in total. The van der Waals surface area contributed by atoms with Gasteiger partial charge in [-0.3, -0.25) is 4.79 Å². The van der Waals surface area contributed by atoms with Crippen molar-refractivity contribution in [3.8, 4) is 0 Å². The van der Waals surface area contributed by atoms with E-state index in [0.717, 1.165) is 37.4 Å². The Balaban J connectivity index is 1.28. The summed E-state index contributed by atoms with van der Waals surface area (Å²) in [5.41, 5.74) is 1.72. The lowest BCUT2D eigenvalue weighted by Gasteiger charge is -2.55. The summed E-state index contributed by atoms with van der Waals surface area (Å²) in [5, 5.41) is 0. The number of allylic oxidation sites excluding steroid dienone is 6. The Kier molecular flexibility index (Phi) is 5.37. The fourth-order valence-electron chi connectivity index (χ4n) is 8.27. The highest BCUT2D eigenvalue weighted by Crippen LogP contribution is 2.65. The fraction of sp³-hybridized carbons (Fsp3) is 0.750. The van der Waals surface area contributed by atoms with Crippen LogP contribution in [0.4, 0.5) is 0 Å². The van der Waals surface area contributed by atoms with Crippen molar-refractivity contribution in [2.24, 2.45) is 40.4 Å². The highest BCUT2D eigenvalue weighted by atomic mass is 16.7. The van der Waals surface area contributed by atoms with Gasteiger partial charge in [0.2, 0.25) is 0 Å². The Hall–Kier alpha value is -1.19. The number of carbonyl (C=O) groups is 1. The molecule has 4 aliphatic carbocycles. The van der Waals surface area contributed by atoms with Crippen molar-refractivity contribution in [2.45, 2.75) is 78.4 Å². The largest absolute Gasteiger partial charge is 0.348 e. The van der Waals surface area contributed by atoms with Gasteiger partial charge < -0.3 is 9.47 Å². The van der Waals surface area contributed by atoms with Gasteiger partial charge in [0.1, 0.15) is 0 Å². The quantitative estimate of drug-likeness (QED) is 0.523. The molecule has 0 bridgehead atoms. The van der Waals surface area contributed by atoms with Crippen LogP contribution in [0.25, 0.3) is 0 Å². The van der Waals surface area contributed by atoms with Crippen LogP contribution in [0.2, 0.25) is 0 Å². The van der Waals surface area contributed by atoms with Gasteiger partial charge in [-0.1, -0.05) is 45.4 Å². The van der Waals surface area contributed by atoms with Crippen LogP contribution in [0.15, 0.2) is 36.0 Å². The molecule has 0 aromatic rings. The molecule has 0 spiro atoms. The predicted molar refractivity (Wildman–Crippen MR) is 123 cm³/mol. The number of hydrogen-bond acceptors (Lipinski definition) is 3. The molecule has 2 saturated carbocycles. The summed E-state index contributed by atoms with van der Waals surface area (Å²) in [7, 11) is 0. The maximum Gasteiger partial charge on any atom is 0.178 e. The topological polar surface area (TPSA) is 35.5 Å². The van der Waals surface area contributed by atoms with Gasteiger partial charge in [-0.2, -0.15) is 0 Å². The van der Waals surface area contributed by atoms with Crippen LogP contribution in [0.1, 0.15) is 72.6 Å². The standard InChI is InChI=1S/C28H40O3/c1-19(6-5-13-28(4)30-16-17-31-28)23-9-10-24-22-8-7-20-18-21(29)11-14-26(20,2)25(22)12-15-27(23,24)3/h7-8,11,14,18-19,22-25H,5-6,9-10,12-13,15-17H2,1-4H3/t19?,22?,23?,24?,25?,26?,27-/m1/s1. The van der Waals surface area contributed by atoms with E-state index in [1.54, 1.807) is 0 Å². The zero-order valence-corrected chi connectivity index (χ0v) is 19.9. The Labute approximate surface area is 188 Å². The number of rotatable bonds is 5. The second-order valence-electron chi connectivity index (χ2n) is 11.7. The van der Waals surface area contributed by atoms with Crippen LogP contribution in [0.3, 0.4) is 0 Å². The van der Waals surface area contributed by atoms with Crippen molar-refractivity contribution in [3.63, 3.8) is 0 Å². The Morgan fingerprint density at radius 3 is 2.61 bits per heavy atom. The van der Waals surface area contributed by atoms with Crippen LogP contribution < -0.4 is 0 Å². The van der Waals surface area contributed by atoms with Gasteiger partial charge in [0.15, 0.2) is 11.6 Å². The molecule has 3 nitrogen and oxygen atoms in total. The minimum absolute atomic E-state index is 0.0368. The van der Waals surface area contributed by atoms with Crippen LogP contribution in [0.5, 0.6) is 0 Å². The number of ketones is 1. The van der Waals surface area contributed by atoms with E-state index in [2.05, 4.69) is 45.9 Å². The molecule has 3 fully saturated rings. The van der Waals surface area contributed by atoms with Gasteiger partial charge in [0.25, 0.3) is 0 Å². The lowest BCUT2D eigenvalue weighted by Crippen LogP contribution is -2.48. The van der Waals surface area contributed by atoms with E-state index in [4.69, 9.17) is 9.47 Å². The van der Waals surface area contributed by atoms with E-state index in [1.165, 1.54) is 44.1 Å². The first kappa shape index (κ1) is 21.6. The maximum absolute atomic E-state index is 11.9. The summed E-state index contributed by atoms with van der Waals surface area (Å²) in [6.07, 6.45) is 19.5. The molecular weight excluding hydrogens is 384 g/mol. The summed E-state index contributed by atoms with van der Waals surface area (Å²) in [4.78, 5) is 11.9. The Bertz CT molecular complexity index is 816. The third kappa shape index (κ3) is 3.51. The fourth-order valence-corrected chi connectivity index (χ4v) is 8.27. The molecule has 7 atom stereocenters. The van der Waals surface area contributed by atoms with Crippen LogP contribution in [-0.2, 0) is 14.3 Å². The van der Waals surface area contributed by atoms with E-state index in [9.17, 15) is 4.79 Å². The minimum atomic E-state index is -0.345. The summed E-state index contributed by atoms with van der Waals surface area (Å²) in [5.74, 6) is 3.43. The third-order valence-electron chi connectivity index (χ3n) is 10.1. The van der Waals surface area contributed by atoms with E-state index in [-0.39, 0.29) is 17.0 Å². The van der Waals surface area contributed by atoms with E-state index >= 15 is 0 Å². The van der Waals surface area contributed by atoms with E-state index in [0.29, 0.717) is 17.3 Å². The monoisotopic (exact) mass is 424 g/mol. The first-order chi connectivity index (χ1) is 14.8. The van der Waals surface area contributed by atoms with E-state index < -0.39 is 0 Å². The van der Waals surface area contributed by atoms with Crippen molar-refractivity contribution in [1.82, 2.24) is 0 Å². The van der Waals surface area contributed by atoms with Crippen molar-refractivity contribution in [3.05, 3.63) is 36.0 Å². The van der Waals surface area contributed by atoms with Crippen LogP contribution >= 0.6 is 0 Å². The minimum Gasteiger partial charge on any atom is -0.348 e. The molecule has 6 unspecified atom stereocenters. The summed E-state index contributed by atoms with van der Waals surface area (Å²) in [6.45, 7) is 11.1. The number of fused-ring (bicyclic) bond motifs is 5. The van der Waals surface area contributed by atoms with Gasteiger partial charge in [0, 0.05) is 11.8 Å². The van der Waals surface area contributed by atoms with Crippen molar-refractivity contribution >= 4 is 5.78 Å². The number of hydrogen-bond donors (Lipinski definition) is 0. The molecule has 1 aliphatic heterocycles. The van der Waals surface area contributed by atoms with Gasteiger partial charge in [-0.15, -0.1) is 0 Å². The number of carbonyl (C=O) groups excluding carboxylic acids is 1. The Morgan fingerprint density at radius 2 is 1.84 bits per heavy atom. The molecule has 1 saturated heterocycles. The van der Waals surface area contributed by atoms with Gasteiger partial charge in [-0.05, 0) is 91.8 Å². The average Bonchev–Trinajstić information content (AvgIpc) is 3.31. The normalized spacial score (nSPS) is 43.9. The predicted octanol–water partition coefficient (Wildman–Crippen LogP) is 6.26. The number of ether oxygens (including phenoxy) is 2. The van der Waals surface area contributed by atoms with Crippen molar-refractivity contribution < 1.29 is 14.3 Å². The molecule has 1 heterocycles. The summed E-state index contributed by atoms with van der Waals surface area (Å²) in [6, 6.07) is 0. The molecule has 0 radical (unpaired) electrons. The van der Waals surface area contributed by atoms with Crippen LogP contribution in [-0.4, -0.2) is 24.8 Å². The first-order valence-corrected chi connectivity index (χ1v) is 12.7. The summed E-state index contributed by atoms with van der Waals surface area (Å²) >= 11 is 0. The Morgan fingerprint density at radius 1 is 1.06 bits per heavy atom. The third-order valence-corrected chi connectivity index (χ3v) is 10.1. The molecule has 0 aromatic carbocycles. The van der Waals surface area contributed by atoms with Gasteiger partial charge in [0.05, 0.1) is 13.2 Å². The van der Waals surface area contributed by atoms with Crippen molar-refractivity contribution in [1.29, 1.82) is 0 Å². The highest BCUT2D eigenvalue weighted by molar-refractivity contribution is 6.01. The zero-order chi connectivity index (χ0) is 21.9. The van der Waals surface area contributed by atoms with Gasteiger partial charge >= 0.3 is 0 Å². The molecule has 31 heavy (non-hydrogen) atoms. The highest BCUT2D eigenvalue weighted by Gasteiger charge is 2.58. The second-order valence-corrected chi connectivity index (χ2v) is 11.7. The molecule has 0 aromatic heterocycles. The molecule has 3 heteroatoms. The second kappa shape index (κ2) is 7.70. The lowest BCUT2D eigenvalue weighted by atomic mass is 9.49. The molecular formula is C28H40O3. The van der Waals surface area contributed by atoms with Crippen LogP contribution in [0, 0.1) is 40.4 Å². The van der Waals surface area contributed by atoms with Gasteiger partial charge in [-0.25, -0.2) is 0 Å². The molecule has 0 amide bonds. The maximum atomic E-state index is 11.9. The molecule has 170 valence electrons. The molecule has 5 aliphatic rings. The van der Waals surface area contributed by atoms with Crippen molar-refractivity contribution in [2.75, 3.05) is 13.2 Å². The SMILES string of the molecule is CC(CCCC1(C)OCCO1)C1CCC2C3C=CC4=CC(=O)C=CC4(C)C3CC[C@]12C. The first-order valence-electron chi connectivity index (χ1n) is 12.7. The zero-order valence-electron chi connectivity index (χ0n) is 19.9. The molecule has 5 rings (SSSR count). The average molecular weight is 425 g/mol. The lowest BCUT2D eigenvalue weighted by molar-refractivity contribution is -0.148.